The number of hydrogen-bond acceptors (Lipinski definition) is 5. The maximum absolute atomic E-state index is 11.1. The number of anilines is 1. The molecule has 2 aromatic heterocycles. The maximum atomic E-state index is 11.1. The Kier molecular flexibility index (Phi) is 3.26. The van der Waals surface area contributed by atoms with Crippen molar-refractivity contribution < 1.29 is 14.1 Å². The van der Waals surface area contributed by atoms with Gasteiger partial charge in [-0.1, -0.05) is 6.07 Å². The van der Waals surface area contributed by atoms with Crippen molar-refractivity contribution in [2.45, 2.75) is 45.8 Å². The van der Waals surface area contributed by atoms with E-state index in [9.17, 15) is 4.79 Å². The number of rotatable bonds is 2. The lowest BCUT2D eigenvalue weighted by atomic mass is 9.80. The third-order valence-corrected chi connectivity index (χ3v) is 4.17. The van der Waals surface area contributed by atoms with E-state index < -0.39 is 18.3 Å². The summed E-state index contributed by atoms with van der Waals surface area (Å²) in [6, 6.07) is 3.71. The fourth-order valence-corrected chi connectivity index (χ4v) is 2.23. The Labute approximate surface area is 129 Å². The van der Waals surface area contributed by atoms with Gasteiger partial charge in [0.25, 0.3) is 0 Å². The summed E-state index contributed by atoms with van der Waals surface area (Å²) in [5.74, 6) is 0.0701. The fraction of sp³-hybridized carbons (Fsp3) is 0.500. The average Bonchev–Trinajstić information content (AvgIpc) is 2.85. The summed E-state index contributed by atoms with van der Waals surface area (Å²) in [6.07, 6.45) is 1.80. The number of carbonyl (C=O) groups excluding carboxylic acids is 1. The van der Waals surface area contributed by atoms with Crippen molar-refractivity contribution >= 4 is 30.1 Å². The van der Waals surface area contributed by atoms with E-state index in [-0.39, 0.29) is 11.9 Å². The Balaban J connectivity index is 1.91. The van der Waals surface area contributed by atoms with Crippen LogP contribution >= 0.6 is 0 Å². The summed E-state index contributed by atoms with van der Waals surface area (Å²) in [4.78, 5) is 15.3. The molecule has 116 valence electrons. The second-order valence-electron chi connectivity index (χ2n) is 6.47. The van der Waals surface area contributed by atoms with Crippen molar-refractivity contribution in [3.8, 4) is 0 Å². The summed E-state index contributed by atoms with van der Waals surface area (Å²) < 4.78 is 13.6. The molecule has 1 N–H and O–H groups in total. The molecule has 1 aliphatic rings. The summed E-state index contributed by atoms with van der Waals surface area (Å²) in [6.45, 7) is 9.46. The Morgan fingerprint density at radius 1 is 1.23 bits per heavy atom. The van der Waals surface area contributed by atoms with E-state index in [0.29, 0.717) is 5.65 Å². The average molecular weight is 302 g/mol. The van der Waals surface area contributed by atoms with Gasteiger partial charge in [0.2, 0.25) is 11.9 Å². The van der Waals surface area contributed by atoms with E-state index in [1.807, 2.05) is 39.8 Å². The van der Waals surface area contributed by atoms with Gasteiger partial charge in [0.05, 0.1) is 11.2 Å². The molecule has 3 heterocycles. The first-order valence-corrected chi connectivity index (χ1v) is 7.17. The van der Waals surface area contributed by atoms with Gasteiger partial charge >= 0.3 is 7.12 Å². The van der Waals surface area contributed by atoms with Crippen LogP contribution in [0.1, 0.15) is 34.6 Å². The highest BCUT2D eigenvalue weighted by Gasteiger charge is 2.51. The van der Waals surface area contributed by atoms with Crippen LogP contribution < -0.4 is 10.8 Å². The molecule has 0 unspecified atom stereocenters. The van der Waals surface area contributed by atoms with Crippen LogP contribution in [0, 0.1) is 0 Å². The monoisotopic (exact) mass is 302 g/mol. The number of nitrogens with one attached hydrogen (secondary N) is 1. The second-order valence-corrected chi connectivity index (χ2v) is 6.47. The minimum Gasteiger partial charge on any atom is -0.399 e. The molecule has 0 saturated carbocycles. The first-order chi connectivity index (χ1) is 10.2. The van der Waals surface area contributed by atoms with Crippen LogP contribution in [-0.4, -0.2) is 38.8 Å². The number of nitrogens with zero attached hydrogens (tertiary/aromatic N) is 3. The Morgan fingerprint density at radius 2 is 1.86 bits per heavy atom. The largest absolute Gasteiger partial charge is 0.496 e. The number of amides is 1. The van der Waals surface area contributed by atoms with E-state index in [1.165, 1.54) is 6.92 Å². The molecular weight excluding hydrogens is 283 g/mol. The smallest absolute Gasteiger partial charge is 0.399 e. The summed E-state index contributed by atoms with van der Waals surface area (Å²) >= 11 is 0. The van der Waals surface area contributed by atoms with Crippen molar-refractivity contribution in [1.82, 2.24) is 14.6 Å². The molecule has 1 saturated heterocycles. The van der Waals surface area contributed by atoms with Crippen LogP contribution in [0.25, 0.3) is 5.65 Å². The summed E-state index contributed by atoms with van der Waals surface area (Å²) in [5.41, 5.74) is 0.710. The molecule has 1 fully saturated rings. The molecular formula is C14H19BN4O3. The zero-order valence-corrected chi connectivity index (χ0v) is 13.4. The van der Waals surface area contributed by atoms with Gasteiger partial charge in [-0.15, -0.1) is 5.10 Å². The molecule has 0 spiro atoms. The van der Waals surface area contributed by atoms with E-state index in [1.54, 1.807) is 10.7 Å². The number of carbonyl (C=O) groups is 1. The van der Waals surface area contributed by atoms with Gasteiger partial charge in [0.1, 0.15) is 0 Å². The third kappa shape index (κ3) is 2.48. The molecule has 0 aromatic carbocycles. The highest BCUT2D eigenvalue weighted by molar-refractivity contribution is 6.62. The fourth-order valence-electron chi connectivity index (χ4n) is 2.23. The minimum absolute atomic E-state index is 0.206. The van der Waals surface area contributed by atoms with Crippen LogP contribution in [0.3, 0.4) is 0 Å². The van der Waals surface area contributed by atoms with Crippen LogP contribution in [-0.2, 0) is 14.1 Å². The molecule has 22 heavy (non-hydrogen) atoms. The molecule has 8 heteroatoms. The molecule has 2 aromatic rings. The Hall–Kier alpha value is -1.93. The van der Waals surface area contributed by atoms with Crippen molar-refractivity contribution in [2.75, 3.05) is 5.32 Å². The van der Waals surface area contributed by atoms with Gasteiger partial charge in [-0.3, -0.25) is 10.1 Å². The predicted octanol–water partition coefficient (Wildman–Crippen LogP) is 0.987. The molecule has 1 aliphatic heterocycles. The zero-order valence-electron chi connectivity index (χ0n) is 13.4. The second kappa shape index (κ2) is 4.79. The highest BCUT2D eigenvalue weighted by Crippen LogP contribution is 2.36. The van der Waals surface area contributed by atoms with Crippen LogP contribution in [0.4, 0.5) is 5.95 Å². The molecule has 0 radical (unpaired) electrons. The summed E-state index contributed by atoms with van der Waals surface area (Å²) in [7, 11) is -0.456. The lowest BCUT2D eigenvalue weighted by Gasteiger charge is -2.32. The van der Waals surface area contributed by atoms with Gasteiger partial charge in [0.15, 0.2) is 5.65 Å². The van der Waals surface area contributed by atoms with E-state index in [2.05, 4.69) is 15.4 Å². The first-order valence-electron chi connectivity index (χ1n) is 7.17. The topological polar surface area (TPSA) is 77.8 Å². The van der Waals surface area contributed by atoms with Crippen molar-refractivity contribution in [3.05, 3.63) is 18.3 Å². The van der Waals surface area contributed by atoms with E-state index >= 15 is 0 Å². The zero-order chi connectivity index (χ0) is 16.1. The van der Waals surface area contributed by atoms with Crippen molar-refractivity contribution in [2.24, 2.45) is 0 Å². The standard InChI is InChI=1S/C14H19BN4O3/c1-9(20)16-12-17-11-7-6-10(8-19(11)18-12)15-21-13(2,3)14(4,5)22-15/h6-8H,1-5H3,(H,16,18,20). The van der Waals surface area contributed by atoms with Crippen LogP contribution in [0.2, 0.25) is 0 Å². The Bertz CT molecular complexity index is 725. The Morgan fingerprint density at radius 3 is 2.45 bits per heavy atom. The minimum atomic E-state index is -0.456. The van der Waals surface area contributed by atoms with E-state index in [4.69, 9.17) is 9.31 Å². The number of aromatic nitrogens is 3. The van der Waals surface area contributed by atoms with Gasteiger partial charge < -0.3 is 9.31 Å². The first kappa shape index (κ1) is 15.0. The lowest BCUT2D eigenvalue weighted by molar-refractivity contribution is -0.114. The summed E-state index contributed by atoms with van der Waals surface area (Å²) in [5, 5.41) is 6.79. The lowest BCUT2D eigenvalue weighted by Crippen LogP contribution is -2.41. The molecule has 1 amide bonds. The van der Waals surface area contributed by atoms with Gasteiger partial charge in [0, 0.05) is 18.6 Å². The number of pyridine rings is 1. The van der Waals surface area contributed by atoms with E-state index in [0.717, 1.165) is 5.46 Å². The van der Waals surface area contributed by atoms with Gasteiger partial charge in [-0.25, -0.2) is 4.52 Å². The molecule has 7 nitrogen and oxygen atoms in total. The predicted molar refractivity (Wildman–Crippen MR) is 83.0 cm³/mol. The molecule has 3 rings (SSSR count). The van der Waals surface area contributed by atoms with Gasteiger partial charge in [-0.05, 0) is 33.8 Å². The van der Waals surface area contributed by atoms with Crippen molar-refractivity contribution in [3.63, 3.8) is 0 Å². The molecule has 0 bridgehead atoms. The number of fused-ring (bicyclic) bond motifs is 1. The number of hydrogen-bond donors (Lipinski definition) is 1. The quantitative estimate of drug-likeness (QED) is 0.837. The third-order valence-electron chi connectivity index (χ3n) is 4.17. The van der Waals surface area contributed by atoms with Crippen LogP contribution in [0.5, 0.6) is 0 Å². The highest BCUT2D eigenvalue weighted by atomic mass is 16.7. The van der Waals surface area contributed by atoms with Crippen molar-refractivity contribution in [1.29, 1.82) is 0 Å². The van der Waals surface area contributed by atoms with Gasteiger partial charge in [-0.2, -0.15) is 4.98 Å². The SMILES string of the molecule is CC(=O)Nc1nc2ccc(B3OC(C)(C)C(C)(C)O3)cn2n1. The normalized spacial score (nSPS) is 19.6. The molecule has 0 atom stereocenters. The van der Waals surface area contributed by atoms with Crippen LogP contribution in [0.15, 0.2) is 18.3 Å². The molecule has 0 aliphatic carbocycles. The maximum Gasteiger partial charge on any atom is 0.496 e.